The number of anilines is 1. The molecule has 1 aromatic carbocycles. The van der Waals surface area contributed by atoms with Gasteiger partial charge >= 0.3 is 0 Å². The van der Waals surface area contributed by atoms with E-state index >= 15 is 0 Å². The number of benzene rings is 1. The largest absolute Gasteiger partial charge is 0.378 e. The highest BCUT2D eigenvalue weighted by Crippen LogP contribution is 2.29. The van der Waals surface area contributed by atoms with Gasteiger partial charge in [-0.2, -0.15) is 0 Å². The monoisotopic (exact) mass is 506 g/mol. The first-order valence-electron chi connectivity index (χ1n) is 11.6. The molecule has 1 aromatic rings. The molecule has 0 radical (unpaired) electrons. The van der Waals surface area contributed by atoms with Crippen molar-refractivity contribution in [2.75, 3.05) is 64.7 Å². The maximum absolute atomic E-state index is 12.8. The molecule has 0 aromatic heterocycles. The molecule has 13 heteroatoms. The van der Waals surface area contributed by atoms with E-state index in [2.05, 4.69) is 10.6 Å². The molecule has 1 unspecified atom stereocenters. The molecule has 2 heterocycles. The molecular weight excluding hydrogens is 476 g/mol. The van der Waals surface area contributed by atoms with Gasteiger partial charge in [-0.3, -0.25) is 34.2 Å². The molecule has 0 bridgehead atoms. The zero-order valence-corrected chi connectivity index (χ0v) is 19.8. The van der Waals surface area contributed by atoms with Crippen LogP contribution >= 0.6 is 0 Å². The average molecular weight is 507 g/mol. The first-order chi connectivity index (χ1) is 17.4. The van der Waals surface area contributed by atoms with Crippen LogP contribution in [0.3, 0.4) is 0 Å². The van der Waals surface area contributed by atoms with Crippen LogP contribution in [0.5, 0.6) is 0 Å². The Balaban J connectivity index is 1.36. The van der Waals surface area contributed by atoms with Crippen LogP contribution < -0.4 is 16.4 Å². The maximum Gasteiger partial charge on any atom is 0.262 e. The second-order valence-corrected chi connectivity index (χ2v) is 7.93. The van der Waals surface area contributed by atoms with E-state index in [4.69, 9.17) is 24.7 Å². The standard InChI is InChI=1S/C23H30N4O9/c24-5-6-33-7-8-34-9-10-35-11-12-36-14-20(29)25-15-1-2-16-17(13-15)23(32)27(22(16)31)18-3-4-19(28)26-21(18)30/h1-2,13,18H,3-12,14,24H2,(H,25,29)(H,26,28,30). The van der Waals surface area contributed by atoms with Crippen LogP contribution in [0, 0.1) is 0 Å². The van der Waals surface area contributed by atoms with Gasteiger partial charge in [-0.15, -0.1) is 0 Å². The normalized spacial score (nSPS) is 17.4. The van der Waals surface area contributed by atoms with Gasteiger partial charge in [0, 0.05) is 18.7 Å². The van der Waals surface area contributed by atoms with Crippen LogP contribution in [-0.4, -0.2) is 99.9 Å². The number of nitrogens with one attached hydrogen (secondary N) is 2. The number of amides is 5. The molecule has 196 valence electrons. The quantitative estimate of drug-likeness (QED) is 0.199. The number of rotatable bonds is 15. The lowest BCUT2D eigenvalue weighted by Crippen LogP contribution is -2.54. The highest BCUT2D eigenvalue weighted by atomic mass is 16.6. The van der Waals surface area contributed by atoms with Gasteiger partial charge < -0.3 is 30.0 Å². The lowest BCUT2D eigenvalue weighted by Gasteiger charge is -2.27. The SMILES string of the molecule is NCCOCCOCCOCCOCC(=O)Nc1ccc2c(c1)C(=O)N(C1CCC(=O)NC1=O)C2=O. The number of carbonyl (C=O) groups is 5. The van der Waals surface area contributed by atoms with Gasteiger partial charge in [0.05, 0.1) is 57.4 Å². The van der Waals surface area contributed by atoms with E-state index in [9.17, 15) is 24.0 Å². The summed E-state index contributed by atoms with van der Waals surface area (Å²) in [7, 11) is 0. The fraction of sp³-hybridized carbons (Fsp3) is 0.522. The summed E-state index contributed by atoms with van der Waals surface area (Å²) in [5.41, 5.74) is 5.81. The number of imide groups is 2. The number of nitrogens with two attached hydrogens (primary N) is 1. The molecule has 0 spiro atoms. The number of hydrogen-bond acceptors (Lipinski definition) is 10. The topological polar surface area (TPSA) is 176 Å². The molecule has 1 fully saturated rings. The van der Waals surface area contributed by atoms with Crippen molar-refractivity contribution in [3.8, 4) is 0 Å². The van der Waals surface area contributed by atoms with Crippen LogP contribution in [0.4, 0.5) is 5.69 Å². The van der Waals surface area contributed by atoms with E-state index < -0.39 is 35.6 Å². The third-order valence-corrected chi connectivity index (χ3v) is 5.33. The van der Waals surface area contributed by atoms with Crippen molar-refractivity contribution in [3.63, 3.8) is 0 Å². The van der Waals surface area contributed by atoms with Crippen molar-refractivity contribution in [1.29, 1.82) is 0 Å². The van der Waals surface area contributed by atoms with Crippen LogP contribution in [0.1, 0.15) is 33.6 Å². The van der Waals surface area contributed by atoms with E-state index in [1.54, 1.807) is 0 Å². The first-order valence-corrected chi connectivity index (χ1v) is 11.6. The zero-order chi connectivity index (χ0) is 25.9. The summed E-state index contributed by atoms with van der Waals surface area (Å²) in [6.07, 6.45) is 0.104. The van der Waals surface area contributed by atoms with Crippen molar-refractivity contribution < 1.29 is 42.9 Å². The highest BCUT2D eigenvalue weighted by molar-refractivity contribution is 6.23. The summed E-state index contributed by atoms with van der Waals surface area (Å²) in [5, 5.41) is 4.75. The third-order valence-electron chi connectivity index (χ3n) is 5.33. The van der Waals surface area contributed by atoms with E-state index in [-0.39, 0.29) is 43.8 Å². The predicted octanol–water partition coefficient (Wildman–Crippen LogP) is -0.949. The van der Waals surface area contributed by atoms with Crippen LogP contribution in [0.2, 0.25) is 0 Å². The molecule has 2 aliphatic heterocycles. The number of hydrogen-bond donors (Lipinski definition) is 3. The predicted molar refractivity (Wildman–Crippen MR) is 124 cm³/mol. The van der Waals surface area contributed by atoms with Gasteiger partial charge in [0.2, 0.25) is 17.7 Å². The van der Waals surface area contributed by atoms with Gasteiger partial charge in [-0.05, 0) is 24.6 Å². The number of carbonyl (C=O) groups excluding carboxylic acids is 5. The minimum absolute atomic E-state index is 0.0367. The van der Waals surface area contributed by atoms with Gasteiger partial charge in [-0.25, -0.2) is 0 Å². The van der Waals surface area contributed by atoms with Crippen molar-refractivity contribution in [2.24, 2.45) is 5.73 Å². The lowest BCUT2D eigenvalue weighted by atomic mass is 10.0. The molecule has 0 saturated carbocycles. The van der Waals surface area contributed by atoms with E-state index in [0.29, 0.717) is 45.3 Å². The Morgan fingerprint density at radius 3 is 2.17 bits per heavy atom. The van der Waals surface area contributed by atoms with Crippen LogP contribution in [0.15, 0.2) is 18.2 Å². The van der Waals surface area contributed by atoms with E-state index in [1.807, 2.05) is 0 Å². The fourth-order valence-electron chi connectivity index (χ4n) is 3.65. The fourth-order valence-corrected chi connectivity index (χ4v) is 3.65. The van der Waals surface area contributed by atoms with Gasteiger partial charge in [-0.1, -0.05) is 0 Å². The van der Waals surface area contributed by atoms with Gasteiger partial charge in [0.15, 0.2) is 0 Å². The van der Waals surface area contributed by atoms with Crippen molar-refractivity contribution in [3.05, 3.63) is 29.3 Å². The second kappa shape index (κ2) is 13.8. The Labute approximate surface area is 207 Å². The van der Waals surface area contributed by atoms with Crippen LogP contribution in [-0.2, 0) is 33.3 Å². The molecule has 1 saturated heterocycles. The zero-order valence-electron chi connectivity index (χ0n) is 19.8. The molecule has 3 rings (SSSR count). The number of ether oxygens (including phenoxy) is 4. The minimum Gasteiger partial charge on any atom is -0.378 e. The summed E-state index contributed by atoms with van der Waals surface area (Å²) in [6.45, 7) is 2.94. The maximum atomic E-state index is 12.8. The van der Waals surface area contributed by atoms with Crippen molar-refractivity contribution in [2.45, 2.75) is 18.9 Å². The van der Waals surface area contributed by atoms with Gasteiger partial charge in [0.1, 0.15) is 12.6 Å². The Hall–Kier alpha value is -3.23. The van der Waals surface area contributed by atoms with E-state index in [0.717, 1.165) is 4.90 Å². The van der Waals surface area contributed by atoms with Crippen molar-refractivity contribution >= 4 is 35.2 Å². The molecule has 0 aliphatic carbocycles. The van der Waals surface area contributed by atoms with E-state index in [1.165, 1.54) is 18.2 Å². The molecule has 36 heavy (non-hydrogen) atoms. The molecule has 4 N–H and O–H groups in total. The third kappa shape index (κ3) is 7.38. The highest BCUT2D eigenvalue weighted by Gasteiger charge is 2.44. The molecule has 5 amide bonds. The minimum atomic E-state index is -1.05. The number of piperidine rings is 1. The van der Waals surface area contributed by atoms with Crippen molar-refractivity contribution in [1.82, 2.24) is 10.2 Å². The Morgan fingerprint density at radius 2 is 1.53 bits per heavy atom. The first kappa shape index (κ1) is 27.4. The average Bonchev–Trinajstić information content (AvgIpc) is 3.09. The smallest absolute Gasteiger partial charge is 0.262 e. The van der Waals surface area contributed by atoms with Gasteiger partial charge in [0.25, 0.3) is 11.8 Å². The summed E-state index contributed by atoms with van der Waals surface area (Å²) >= 11 is 0. The molecule has 1 atom stereocenters. The number of fused-ring (bicyclic) bond motifs is 1. The lowest BCUT2D eigenvalue weighted by molar-refractivity contribution is -0.136. The Morgan fingerprint density at radius 1 is 0.917 bits per heavy atom. The summed E-state index contributed by atoms with van der Waals surface area (Å²) in [5.74, 6) is -2.84. The second-order valence-electron chi connectivity index (χ2n) is 7.93. The summed E-state index contributed by atoms with van der Waals surface area (Å²) in [6, 6.07) is 3.23. The molecule has 2 aliphatic rings. The summed E-state index contributed by atoms with van der Waals surface area (Å²) < 4.78 is 21.1. The molecule has 13 nitrogen and oxygen atoms in total. The van der Waals surface area contributed by atoms with Crippen LogP contribution in [0.25, 0.3) is 0 Å². The Bertz CT molecular complexity index is 984. The number of nitrogens with zero attached hydrogens (tertiary/aromatic N) is 1. The molecular formula is C23H30N4O9. The summed E-state index contributed by atoms with van der Waals surface area (Å²) in [4.78, 5) is 62.1. The Kier molecular flexibility index (Phi) is 10.5.